The van der Waals surface area contributed by atoms with Crippen LogP contribution in [0.25, 0.3) is 22.3 Å². The van der Waals surface area contributed by atoms with Gasteiger partial charge in [0.2, 0.25) is 0 Å². The van der Waals surface area contributed by atoms with E-state index in [1.807, 2.05) is 36.4 Å². The van der Waals surface area contributed by atoms with Crippen LogP contribution in [0.5, 0.6) is 0 Å². The van der Waals surface area contributed by atoms with Gasteiger partial charge >= 0.3 is 0 Å². The van der Waals surface area contributed by atoms with Gasteiger partial charge in [-0.1, -0.05) is 66.7 Å². The Morgan fingerprint density at radius 3 is 2.00 bits per heavy atom. The van der Waals surface area contributed by atoms with Crippen molar-refractivity contribution in [3.05, 3.63) is 72.3 Å². The normalized spacial score (nSPS) is 10.4. The van der Waals surface area contributed by atoms with Gasteiger partial charge in [0.1, 0.15) is 0 Å². The first-order valence-corrected chi connectivity index (χ1v) is 5.92. The maximum atomic E-state index is 10.9. The second kappa shape index (κ2) is 4.46. The molecule has 0 spiro atoms. The minimum atomic E-state index is 0.750. The van der Waals surface area contributed by atoms with E-state index in [0.717, 1.165) is 28.5 Å². The van der Waals surface area contributed by atoms with Gasteiger partial charge in [0.15, 0.2) is 6.29 Å². The number of hydrogen-bond acceptors (Lipinski definition) is 1. The van der Waals surface area contributed by atoms with Crippen molar-refractivity contribution < 1.29 is 4.79 Å². The second-order valence-corrected chi connectivity index (χ2v) is 4.26. The molecule has 0 bridgehead atoms. The van der Waals surface area contributed by atoms with Crippen molar-refractivity contribution in [2.45, 2.75) is 0 Å². The van der Waals surface area contributed by atoms with E-state index in [-0.39, 0.29) is 0 Å². The summed E-state index contributed by atoms with van der Waals surface area (Å²) in [6.45, 7) is 0. The lowest BCUT2D eigenvalue weighted by molar-refractivity contribution is 0.112. The molecule has 0 saturated carbocycles. The van der Waals surface area contributed by atoms with Crippen LogP contribution in [0.3, 0.4) is 0 Å². The van der Waals surface area contributed by atoms with Gasteiger partial charge in [-0.3, -0.25) is 4.79 Å². The summed E-state index contributed by atoms with van der Waals surface area (Å²) in [6, 6.07) is 22.3. The molecule has 0 unspecified atom stereocenters. The van der Waals surface area contributed by atoms with E-state index < -0.39 is 0 Å². The fourth-order valence-corrected chi connectivity index (χ4v) is 2.20. The van der Waals surface area contributed by atoms with Crippen molar-refractivity contribution in [2.24, 2.45) is 0 Å². The molecule has 2 aliphatic rings. The summed E-state index contributed by atoms with van der Waals surface area (Å²) >= 11 is 0. The summed E-state index contributed by atoms with van der Waals surface area (Å²) in [4.78, 5) is 10.9. The standard InChI is InChI=1S/C17H12O/c18-12-16-9-8-15-7-6-14(10-11-17(15)16)13-4-2-1-3-5-13/h1-12H. The average molecular weight is 232 g/mol. The van der Waals surface area contributed by atoms with Crippen LogP contribution in [0.1, 0.15) is 10.4 Å². The number of benzene rings is 1. The number of fused-ring (bicyclic) bond motifs is 1. The molecule has 0 fully saturated rings. The third-order valence-corrected chi connectivity index (χ3v) is 3.17. The van der Waals surface area contributed by atoms with Gasteiger partial charge in [0.05, 0.1) is 0 Å². The van der Waals surface area contributed by atoms with Crippen LogP contribution < -0.4 is 0 Å². The molecule has 1 nitrogen and oxygen atoms in total. The van der Waals surface area contributed by atoms with E-state index in [0.29, 0.717) is 0 Å². The third kappa shape index (κ3) is 1.80. The topological polar surface area (TPSA) is 17.1 Å². The van der Waals surface area contributed by atoms with Gasteiger partial charge < -0.3 is 0 Å². The van der Waals surface area contributed by atoms with Crippen LogP contribution in [-0.2, 0) is 0 Å². The summed E-state index contributed by atoms with van der Waals surface area (Å²) in [7, 11) is 0. The highest BCUT2D eigenvalue weighted by atomic mass is 16.1. The first kappa shape index (κ1) is 10.7. The molecular weight excluding hydrogens is 220 g/mol. The molecule has 0 radical (unpaired) electrons. The molecule has 18 heavy (non-hydrogen) atoms. The molecule has 0 atom stereocenters. The number of aldehydes is 1. The summed E-state index contributed by atoms with van der Waals surface area (Å²) in [5, 5.41) is 0. The molecule has 1 heteroatoms. The Bertz CT molecular complexity index is 656. The Kier molecular flexibility index (Phi) is 2.66. The van der Waals surface area contributed by atoms with Gasteiger partial charge in [0, 0.05) is 5.56 Å². The Morgan fingerprint density at radius 2 is 1.22 bits per heavy atom. The number of hydrogen-bond donors (Lipinski definition) is 0. The predicted octanol–water partition coefficient (Wildman–Crippen LogP) is 4.27. The first-order chi connectivity index (χ1) is 8.88. The van der Waals surface area contributed by atoms with Crippen LogP contribution >= 0.6 is 0 Å². The smallest absolute Gasteiger partial charge is 0.150 e. The molecule has 2 aliphatic carbocycles. The molecular formula is C17H12O. The Balaban J connectivity index is 2.16. The van der Waals surface area contributed by atoms with E-state index in [2.05, 4.69) is 30.3 Å². The van der Waals surface area contributed by atoms with E-state index in [4.69, 9.17) is 0 Å². The molecule has 0 aliphatic heterocycles. The zero-order valence-electron chi connectivity index (χ0n) is 9.84. The molecule has 0 saturated heterocycles. The fraction of sp³-hybridized carbons (Fsp3) is 0. The summed E-state index contributed by atoms with van der Waals surface area (Å²) in [6.07, 6.45) is 0.907. The van der Waals surface area contributed by atoms with E-state index >= 15 is 0 Å². The van der Waals surface area contributed by atoms with Gasteiger partial charge in [-0.25, -0.2) is 0 Å². The van der Waals surface area contributed by atoms with Crippen LogP contribution in [0.15, 0.2) is 66.7 Å². The Morgan fingerprint density at radius 1 is 0.611 bits per heavy atom. The SMILES string of the molecule is O=Cc1ccc2ccc(-c3ccccc3)ccc1-2. The summed E-state index contributed by atoms with van der Waals surface area (Å²) in [5.41, 5.74) is 5.19. The van der Waals surface area contributed by atoms with Crippen molar-refractivity contribution in [1.29, 1.82) is 0 Å². The third-order valence-electron chi connectivity index (χ3n) is 3.17. The Labute approximate surface area is 106 Å². The van der Waals surface area contributed by atoms with E-state index in [9.17, 15) is 4.79 Å². The monoisotopic (exact) mass is 232 g/mol. The van der Waals surface area contributed by atoms with Gasteiger partial charge in [-0.15, -0.1) is 0 Å². The molecule has 1 aromatic rings. The highest BCUT2D eigenvalue weighted by Crippen LogP contribution is 2.28. The van der Waals surface area contributed by atoms with Crippen molar-refractivity contribution in [3.8, 4) is 22.3 Å². The Hall–Kier alpha value is -2.41. The maximum absolute atomic E-state index is 10.9. The van der Waals surface area contributed by atoms with Gasteiger partial charge in [0.25, 0.3) is 0 Å². The molecule has 0 heterocycles. The number of carbonyl (C=O) groups is 1. The molecule has 86 valence electrons. The van der Waals surface area contributed by atoms with Crippen molar-refractivity contribution >= 4 is 6.29 Å². The quantitative estimate of drug-likeness (QED) is 0.603. The predicted molar refractivity (Wildman–Crippen MR) is 73.9 cm³/mol. The van der Waals surface area contributed by atoms with E-state index in [1.165, 1.54) is 5.56 Å². The van der Waals surface area contributed by atoms with Gasteiger partial charge in [-0.2, -0.15) is 0 Å². The lowest BCUT2D eigenvalue weighted by Gasteiger charge is -1.96. The highest BCUT2D eigenvalue weighted by molar-refractivity contribution is 5.90. The summed E-state index contributed by atoms with van der Waals surface area (Å²) < 4.78 is 0. The molecule has 1 aromatic carbocycles. The molecule has 0 aromatic heterocycles. The van der Waals surface area contributed by atoms with E-state index in [1.54, 1.807) is 0 Å². The molecule has 0 amide bonds. The fourth-order valence-electron chi connectivity index (χ4n) is 2.20. The largest absolute Gasteiger partial charge is 0.298 e. The van der Waals surface area contributed by atoms with Crippen LogP contribution in [0.2, 0.25) is 0 Å². The van der Waals surface area contributed by atoms with Crippen LogP contribution in [0, 0.1) is 0 Å². The zero-order valence-corrected chi connectivity index (χ0v) is 9.84. The van der Waals surface area contributed by atoms with Crippen molar-refractivity contribution in [1.82, 2.24) is 0 Å². The summed E-state index contributed by atoms with van der Waals surface area (Å²) in [5.74, 6) is 0. The minimum Gasteiger partial charge on any atom is -0.298 e. The lowest BCUT2D eigenvalue weighted by Crippen LogP contribution is -1.75. The minimum absolute atomic E-state index is 0.750. The lowest BCUT2D eigenvalue weighted by atomic mass is 10.1. The second-order valence-electron chi connectivity index (χ2n) is 4.26. The maximum Gasteiger partial charge on any atom is 0.150 e. The highest BCUT2D eigenvalue weighted by Gasteiger charge is 2.07. The van der Waals surface area contributed by atoms with Gasteiger partial charge in [-0.05, 0) is 22.3 Å². The van der Waals surface area contributed by atoms with Crippen molar-refractivity contribution in [2.75, 3.05) is 0 Å². The van der Waals surface area contributed by atoms with Crippen LogP contribution in [-0.4, -0.2) is 6.29 Å². The average Bonchev–Trinajstić information content (AvgIpc) is 2.70. The number of carbonyl (C=O) groups excluding carboxylic acids is 1. The van der Waals surface area contributed by atoms with Crippen molar-refractivity contribution in [3.63, 3.8) is 0 Å². The van der Waals surface area contributed by atoms with Crippen LogP contribution in [0.4, 0.5) is 0 Å². The first-order valence-electron chi connectivity index (χ1n) is 5.92. The zero-order chi connectivity index (χ0) is 12.4. The molecule has 3 rings (SSSR count). The molecule has 0 N–H and O–H groups in total. The number of rotatable bonds is 2.